The van der Waals surface area contributed by atoms with Crippen molar-refractivity contribution in [3.05, 3.63) is 52.5 Å². The molecule has 0 atom stereocenters. The van der Waals surface area contributed by atoms with Crippen molar-refractivity contribution >= 4 is 44.5 Å². The molecule has 2 amide bonds. The third-order valence-corrected chi connectivity index (χ3v) is 4.37. The van der Waals surface area contributed by atoms with Crippen LogP contribution in [0.3, 0.4) is 0 Å². The van der Waals surface area contributed by atoms with Crippen LogP contribution >= 0.6 is 15.9 Å². The Hall–Kier alpha value is -2.74. The number of nitrogens with one attached hydrogen (secondary N) is 2. The van der Waals surface area contributed by atoms with Crippen molar-refractivity contribution in [2.24, 2.45) is 0 Å². The molecule has 0 aliphatic rings. The molecule has 0 spiro atoms. The van der Waals surface area contributed by atoms with E-state index < -0.39 is 0 Å². The van der Waals surface area contributed by atoms with Gasteiger partial charge in [-0.3, -0.25) is 9.59 Å². The molecule has 0 unspecified atom stereocenters. The standard InChI is InChI=1S/C18H18BrN5O2/c1-2-24-16-8-3-12(11-15(16)22-23-24)18(26)20-10-9-17(25)21-14-6-4-13(19)5-7-14/h3-8,11H,2,9-10H2,1H3,(H,20,26)(H,21,25). The second-order valence-corrected chi connectivity index (χ2v) is 6.59. The van der Waals surface area contributed by atoms with E-state index >= 15 is 0 Å². The summed E-state index contributed by atoms with van der Waals surface area (Å²) in [4.78, 5) is 24.2. The van der Waals surface area contributed by atoms with Gasteiger partial charge in [-0.2, -0.15) is 0 Å². The van der Waals surface area contributed by atoms with E-state index in [0.717, 1.165) is 16.5 Å². The minimum absolute atomic E-state index is 0.158. The van der Waals surface area contributed by atoms with E-state index in [2.05, 4.69) is 36.9 Å². The molecule has 0 saturated heterocycles. The van der Waals surface area contributed by atoms with Gasteiger partial charge >= 0.3 is 0 Å². The molecule has 134 valence electrons. The number of aryl methyl sites for hydroxylation is 1. The van der Waals surface area contributed by atoms with Crippen LogP contribution in [-0.4, -0.2) is 33.4 Å². The predicted octanol–water partition coefficient (Wildman–Crippen LogP) is 2.97. The Labute approximate surface area is 158 Å². The Morgan fingerprint density at radius 2 is 1.92 bits per heavy atom. The highest BCUT2D eigenvalue weighted by Gasteiger charge is 2.10. The molecule has 1 aromatic heterocycles. The molecule has 8 heteroatoms. The zero-order chi connectivity index (χ0) is 18.5. The number of carbonyl (C=O) groups excluding carboxylic acids is 2. The molecular weight excluding hydrogens is 398 g/mol. The van der Waals surface area contributed by atoms with Gasteiger partial charge in [0, 0.05) is 35.2 Å². The molecule has 0 aliphatic carbocycles. The van der Waals surface area contributed by atoms with Gasteiger partial charge in [-0.1, -0.05) is 21.1 Å². The minimum Gasteiger partial charge on any atom is -0.352 e. The Balaban J connectivity index is 1.52. The number of hydrogen-bond acceptors (Lipinski definition) is 4. The number of halogens is 1. The lowest BCUT2D eigenvalue weighted by atomic mass is 10.2. The summed E-state index contributed by atoms with van der Waals surface area (Å²) in [5, 5.41) is 13.6. The van der Waals surface area contributed by atoms with E-state index in [4.69, 9.17) is 0 Å². The molecule has 2 aromatic carbocycles. The van der Waals surface area contributed by atoms with Crippen LogP contribution < -0.4 is 10.6 Å². The third kappa shape index (κ3) is 4.26. The van der Waals surface area contributed by atoms with Gasteiger partial charge in [0.15, 0.2) is 0 Å². The number of anilines is 1. The van der Waals surface area contributed by atoms with Crippen molar-refractivity contribution in [2.75, 3.05) is 11.9 Å². The average molecular weight is 416 g/mol. The van der Waals surface area contributed by atoms with Crippen molar-refractivity contribution in [2.45, 2.75) is 19.9 Å². The van der Waals surface area contributed by atoms with E-state index in [1.54, 1.807) is 28.9 Å². The fourth-order valence-electron chi connectivity index (χ4n) is 2.50. The maximum Gasteiger partial charge on any atom is 0.251 e. The predicted molar refractivity (Wildman–Crippen MR) is 103 cm³/mol. The molecular formula is C18H18BrN5O2. The minimum atomic E-state index is -0.241. The van der Waals surface area contributed by atoms with E-state index in [9.17, 15) is 9.59 Å². The normalized spacial score (nSPS) is 10.7. The van der Waals surface area contributed by atoms with Gasteiger partial charge in [-0.05, 0) is 49.4 Å². The van der Waals surface area contributed by atoms with Crippen LogP contribution in [0.5, 0.6) is 0 Å². The number of nitrogens with zero attached hydrogens (tertiary/aromatic N) is 3. The van der Waals surface area contributed by atoms with E-state index in [-0.39, 0.29) is 24.8 Å². The summed E-state index contributed by atoms with van der Waals surface area (Å²) in [6, 6.07) is 12.6. The fourth-order valence-corrected chi connectivity index (χ4v) is 2.76. The van der Waals surface area contributed by atoms with Gasteiger partial charge < -0.3 is 10.6 Å². The smallest absolute Gasteiger partial charge is 0.251 e. The van der Waals surface area contributed by atoms with E-state index in [1.807, 2.05) is 25.1 Å². The van der Waals surface area contributed by atoms with Crippen LogP contribution in [0.15, 0.2) is 46.9 Å². The maximum atomic E-state index is 12.2. The molecule has 0 radical (unpaired) electrons. The Bertz CT molecular complexity index is 936. The molecule has 2 N–H and O–H groups in total. The number of aromatic nitrogens is 3. The van der Waals surface area contributed by atoms with Crippen molar-refractivity contribution in [3.63, 3.8) is 0 Å². The summed E-state index contributed by atoms with van der Waals surface area (Å²) in [5.41, 5.74) is 2.77. The van der Waals surface area contributed by atoms with Crippen LogP contribution in [0.2, 0.25) is 0 Å². The van der Waals surface area contributed by atoms with Crippen molar-refractivity contribution in [1.29, 1.82) is 0 Å². The third-order valence-electron chi connectivity index (χ3n) is 3.84. The number of hydrogen-bond donors (Lipinski definition) is 2. The highest BCUT2D eigenvalue weighted by Crippen LogP contribution is 2.15. The first-order valence-corrected chi connectivity index (χ1v) is 9.03. The van der Waals surface area contributed by atoms with Crippen LogP contribution in [-0.2, 0) is 11.3 Å². The first-order chi connectivity index (χ1) is 12.6. The largest absolute Gasteiger partial charge is 0.352 e. The maximum absolute atomic E-state index is 12.2. The number of carbonyl (C=O) groups is 2. The Morgan fingerprint density at radius 3 is 2.65 bits per heavy atom. The molecule has 0 fully saturated rings. The highest BCUT2D eigenvalue weighted by molar-refractivity contribution is 9.10. The van der Waals surface area contributed by atoms with Crippen molar-refractivity contribution < 1.29 is 9.59 Å². The zero-order valence-electron chi connectivity index (χ0n) is 14.2. The van der Waals surface area contributed by atoms with E-state index in [0.29, 0.717) is 16.8 Å². The molecule has 0 aliphatic heterocycles. The zero-order valence-corrected chi connectivity index (χ0v) is 15.8. The van der Waals surface area contributed by atoms with Gasteiger partial charge in [0.25, 0.3) is 5.91 Å². The van der Waals surface area contributed by atoms with Crippen LogP contribution in [0, 0.1) is 0 Å². The fraction of sp³-hybridized carbons (Fsp3) is 0.222. The van der Waals surface area contributed by atoms with Crippen LogP contribution in [0.25, 0.3) is 11.0 Å². The SMILES string of the molecule is CCn1nnc2cc(C(=O)NCCC(=O)Nc3ccc(Br)cc3)ccc21. The van der Waals surface area contributed by atoms with Gasteiger partial charge in [0.1, 0.15) is 5.52 Å². The summed E-state index contributed by atoms with van der Waals surface area (Å²) in [6.07, 6.45) is 0.191. The second-order valence-electron chi connectivity index (χ2n) is 5.67. The topological polar surface area (TPSA) is 88.9 Å². The highest BCUT2D eigenvalue weighted by atomic mass is 79.9. The van der Waals surface area contributed by atoms with Gasteiger partial charge in [-0.15, -0.1) is 5.10 Å². The number of fused-ring (bicyclic) bond motifs is 1. The lowest BCUT2D eigenvalue weighted by Gasteiger charge is -2.07. The van der Waals surface area contributed by atoms with Crippen LogP contribution in [0.4, 0.5) is 5.69 Å². The quantitative estimate of drug-likeness (QED) is 0.647. The number of amides is 2. The molecule has 0 saturated carbocycles. The summed E-state index contributed by atoms with van der Waals surface area (Å²) in [5.74, 6) is -0.400. The van der Waals surface area contributed by atoms with Gasteiger partial charge in [0.05, 0.1) is 5.52 Å². The number of benzene rings is 2. The Morgan fingerprint density at radius 1 is 1.15 bits per heavy atom. The molecule has 7 nitrogen and oxygen atoms in total. The molecule has 3 aromatic rings. The monoisotopic (exact) mass is 415 g/mol. The van der Waals surface area contributed by atoms with Gasteiger partial charge in [-0.25, -0.2) is 4.68 Å². The summed E-state index contributed by atoms with van der Waals surface area (Å²) < 4.78 is 2.71. The van der Waals surface area contributed by atoms with Crippen molar-refractivity contribution in [3.8, 4) is 0 Å². The molecule has 26 heavy (non-hydrogen) atoms. The average Bonchev–Trinajstić information content (AvgIpc) is 3.05. The summed E-state index contributed by atoms with van der Waals surface area (Å²) >= 11 is 3.34. The van der Waals surface area contributed by atoms with Gasteiger partial charge in [0.2, 0.25) is 5.91 Å². The van der Waals surface area contributed by atoms with Crippen molar-refractivity contribution in [1.82, 2.24) is 20.3 Å². The Kier molecular flexibility index (Phi) is 5.62. The summed E-state index contributed by atoms with van der Waals surface area (Å²) in [6.45, 7) is 2.95. The summed E-state index contributed by atoms with van der Waals surface area (Å²) in [7, 11) is 0. The lowest BCUT2D eigenvalue weighted by Crippen LogP contribution is -2.27. The lowest BCUT2D eigenvalue weighted by molar-refractivity contribution is -0.116. The number of rotatable bonds is 6. The molecule has 1 heterocycles. The second kappa shape index (κ2) is 8.09. The first-order valence-electron chi connectivity index (χ1n) is 8.23. The molecule has 3 rings (SSSR count). The van der Waals surface area contributed by atoms with Crippen LogP contribution in [0.1, 0.15) is 23.7 Å². The first kappa shape index (κ1) is 18.1. The molecule has 0 bridgehead atoms. The van der Waals surface area contributed by atoms with E-state index in [1.165, 1.54) is 0 Å².